The number of hydrogen-bond acceptors (Lipinski definition) is 3. The van der Waals surface area contributed by atoms with E-state index in [2.05, 4.69) is 61.8 Å². The molecule has 32 heavy (non-hydrogen) atoms. The van der Waals surface area contributed by atoms with E-state index in [4.69, 9.17) is 4.98 Å². The monoisotopic (exact) mass is 425 g/mol. The average Bonchev–Trinajstić information content (AvgIpc) is 3.72. The molecule has 1 atom stereocenters. The van der Waals surface area contributed by atoms with Crippen molar-refractivity contribution in [1.82, 2.24) is 10.3 Å². The summed E-state index contributed by atoms with van der Waals surface area (Å²) in [5.74, 6) is 2.22. The summed E-state index contributed by atoms with van der Waals surface area (Å²) >= 11 is 0. The number of carbonyl (C=O) groups is 1. The number of allylic oxidation sites excluding steroid dienone is 4. The zero-order chi connectivity index (χ0) is 22.3. The van der Waals surface area contributed by atoms with Crippen LogP contribution in [0.1, 0.15) is 49.0 Å². The van der Waals surface area contributed by atoms with Gasteiger partial charge >= 0.3 is 0 Å². The van der Waals surface area contributed by atoms with E-state index in [0.717, 1.165) is 40.7 Å². The number of benzene rings is 1. The summed E-state index contributed by atoms with van der Waals surface area (Å²) in [6.07, 6.45) is 12.8. The number of anilines is 1. The van der Waals surface area contributed by atoms with Gasteiger partial charge < -0.3 is 10.6 Å². The minimum absolute atomic E-state index is 0.0313. The van der Waals surface area contributed by atoms with Crippen LogP contribution in [-0.4, -0.2) is 17.4 Å². The lowest BCUT2D eigenvalue weighted by Gasteiger charge is -2.22. The van der Waals surface area contributed by atoms with E-state index in [1.165, 1.54) is 18.4 Å². The first kappa shape index (κ1) is 20.7. The van der Waals surface area contributed by atoms with Gasteiger partial charge in [0.1, 0.15) is 5.82 Å². The molecule has 0 radical (unpaired) electrons. The number of nitrogens with zero attached hydrogens (tertiary/aromatic N) is 1. The van der Waals surface area contributed by atoms with Crippen LogP contribution in [0, 0.1) is 24.2 Å². The number of amides is 1. The van der Waals surface area contributed by atoms with Gasteiger partial charge in [-0.25, -0.2) is 4.98 Å². The molecule has 0 saturated heterocycles. The number of aryl methyl sites for hydroxylation is 1. The Morgan fingerprint density at radius 2 is 1.88 bits per heavy atom. The van der Waals surface area contributed by atoms with E-state index in [9.17, 15) is 4.79 Å². The van der Waals surface area contributed by atoms with Gasteiger partial charge in [0, 0.05) is 34.7 Å². The van der Waals surface area contributed by atoms with Crippen LogP contribution < -0.4 is 10.6 Å². The van der Waals surface area contributed by atoms with Crippen LogP contribution in [0.4, 0.5) is 5.82 Å². The van der Waals surface area contributed by atoms with Gasteiger partial charge in [-0.05, 0) is 61.9 Å². The van der Waals surface area contributed by atoms with E-state index in [-0.39, 0.29) is 11.3 Å². The van der Waals surface area contributed by atoms with Crippen molar-refractivity contribution in [1.29, 1.82) is 0 Å². The van der Waals surface area contributed by atoms with E-state index in [1.807, 2.05) is 30.3 Å². The summed E-state index contributed by atoms with van der Waals surface area (Å²) < 4.78 is 0. The van der Waals surface area contributed by atoms with Crippen LogP contribution in [0.15, 0.2) is 72.0 Å². The molecule has 3 aliphatic carbocycles. The number of nitrogens with one attached hydrogen (secondary N) is 2. The van der Waals surface area contributed by atoms with Crippen LogP contribution in [0.25, 0.3) is 11.3 Å². The van der Waals surface area contributed by atoms with Crippen molar-refractivity contribution in [3.63, 3.8) is 0 Å². The third-order valence-corrected chi connectivity index (χ3v) is 6.79. The first-order valence-electron chi connectivity index (χ1n) is 11.6. The molecule has 1 amide bonds. The third kappa shape index (κ3) is 4.55. The van der Waals surface area contributed by atoms with Crippen molar-refractivity contribution in [2.45, 2.75) is 40.0 Å². The predicted octanol–water partition coefficient (Wildman–Crippen LogP) is 6.03. The SMILES string of the molecule is Cc1ccc(NC2=CC(C3CC3)C=C2)nc1-c1ccc(C(=O)NCC(C)(C)C2=CC2)cc1. The lowest BCUT2D eigenvalue weighted by atomic mass is 9.90. The molecule has 5 rings (SSSR count). The number of rotatable bonds is 8. The third-order valence-electron chi connectivity index (χ3n) is 6.79. The van der Waals surface area contributed by atoms with E-state index in [0.29, 0.717) is 18.0 Å². The Morgan fingerprint density at radius 3 is 2.56 bits per heavy atom. The molecule has 1 fully saturated rings. The molecule has 1 aromatic carbocycles. The first-order chi connectivity index (χ1) is 15.4. The molecule has 1 unspecified atom stereocenters. The summed E-state index contributed by atoms with van der Waals surface area (Å²) in [5.41, 5.74) is 6.32. The molecule has 2 N–H and O–H groups in total. The normalized spacial score (nSPS) is 19.4. The molecule has 0 bridgehead atoms. The molecule has 1 aromatic heterocycles. The highest BCUT2D eigenvalue weighted by atomic mass is 16.1. The van der Waals surface area contributed by atoms with Crippen molar-refractivity contribution in [2.75, 3.05) is 11.9 Å². The molecule has 0 spiro atoms. The number of carbonyl (C=O) groups excluding carboxylic acids is 1. The van der Waals surface area contributed by atoms with Crippen molar-refractivity contribution >= 4 is 11.7 Å². The largest absolute Gasteiger partial charge is 0.351 e. The molecule has 4 nitrogen and oxygen atoms in total. The maximum Gasteiger partial charge on any atom is 0.251 e. The lowest BCUT2D eigenvalue weighted by Crippen LogP contribution is -2.33. The summed E-state index contributed by atoms with van der Waals surface area (Å²) in [6.45, 7) is 7.07. The predicted molar refractivity (Wildman–Crippen MR) is 130 cm³/mol. The van der Waals surface area contributed by atoms with Gasteiger partial charge in [-0.3, -0.25) is 4.79 Å². The second-order valence-corrected chi connectivity index (χ2v) is 9.96. The second kappa shape index (κ2) is 8.09. The molecule has 4 heteroatoms. The number of pyridine rings is 1. The Balaban J connectivity index is 1.26. The molecule has 2 aromatic rings. The lowest BCUT2D eigenvalue weighted by molar-refractivity contribution is 0.0942. The molecule has 1 heterocycles. The highest BCUT2D eigenvalue weighted by molar-refractivity contribution is 5.94. The first-order valence-corrected chi connectivity index (χ1v) is 11.6. The van der Waals surface area contributed by atoms with E-state index in [1.54, 1.807) is 0 Å². The van der Waals surface area contributed by atoms with E-state index >= 15 is 0 Å². The minimum Gasteiger partial charge on any atom is -0.351 e. The van der Waals surface area contributed by atoms with Gasteiger partial charge in [-0.2, -0.15) is 0 Å². The highest BCUT2D eigenvalue weighted by Gasteiger charge is 2.30. The van der Waals surface area contributed by atoms with Crippen molar-refractivity contribution in [3.05, 3.63) is 83.1 Å². The maximum absolute atomic E-state index is 12.6. The topological polar surface area (TPSA) is 54.0 Å². The van der Waals surface area contributed by atoms with Crippen LogP contribution in [-0.2, 0) is 0 Å². The zero-order valence-electron chi connectivity index (χ0n) is 19.1. The van der Waals surface area contributed by atoms with Crippen LogP contribution in [0.5, 0.6) is 0 Å². The summed E-state index contributed by atoms with van der Waals surface area (Å²) in [7, 11) is 0. The Morgan fingerprint density at radius 1 is 1.12 bits per heavy atom. The minimum atomic E-state index is -0.0313. The molecule has 164 valence electrons. The zero-order valence-corrected chi connectivity index (χ0v) is 19.1. The molecule has 3 aliphatic rings. The smallest absolute Gasteiger partial charge is 0.251 e. The quantitative estimate of drug-likeness (QED) is 0.507. The standard InChI is InChI=1S/C28H31N3O/c1-18-4-15-25(30-24-14-11-22(16-24)19-5-6-19)31-26(18)20-7-9-21(10-8-20)27(32)29-17-28(2,3)23-12-13-23/h4,7-12,14-16,19,22H,5-6,13,17H2,1-3H3,(H,29,32)(H,30,31). The van der Waals surface area contributed by atoms with Crippen LogP contribution in [0.3, 0.4) is 0 Å². The Bertz CT molecular complexity index is 1130. The molecule has 0 aliphatic heterocycles. The Kier molecular flexibility index (Phi) is 5.24. The van der Waals surface area contributed by atoms with Gasteiger partial charge in [0.05, 0.1) is 5.69 Å². The van der Waals surface area contributed by atoms with E-state index < -0.39 is 0 Å². The highest BCUT2D eigenvalue weighted by Crippen LogP contribution is 2.41. The van der Waals surface area contributed by atoms with Gasteiger partial charge in [0.2, 0.25) is 0 Å². The molecule has 1 saturated carbocycles. The van der Waals surface area contributed by atoms with Gasteiger partial charge in [-0.1, -0.05) is 55.8 Å². The van der Waals surface area contributed by atoms with Gasteiger partial charge in [0.25, 0.3) is 5.91 Å². The van der Waals surface area contributed by atoms with Crippen LogP contribution >= 0.6 is 0 Å². The van der Waals surface area contributed by atoms with Crippen LogP contribution in [0.2, 0.25) is 0 Å². The number of aromatic nitrogens is 1. The average molecular weight is 426 g/mol. The van der Waals surface area contributed by atoms with Gasteiger partial charge in [0.15, 0.2) is 0 Å². The van der Waals surface area contributed by atoms with Crippen molar-refractivity contribution in [2.24, 2.45) is 17.3 Å². The number of hydrogen-bond donors (Lipinski definition) is 2. The summed E-state index contributed by atoms with van der Waals surface area (Å²) in [5, 5.41) is 6.54. The fraction of sp³-hybridized carbons (Fsp3) is 0.357. The fourth-order valence-corrected chi connectivity index (χ4v) is 4.33. The molecular weight excluding hydrogens is 394 g/mol. The summed E-state index contributed by atoms with van der Waals surface area (Å²) in [6, 6.07) is 11.9. The van der Waals surface area contributed by atoms with Gasteiger partial charge in [-0.15, -0.1) is 0 Å². The van der Waals surface area contributed by atoms with Crippen molar-refractivity contribution in [3.8, 4) is 11.3 Å². The Labute approximate surface area is 190 Å². The molecular formula is C28H31N3O. The second-order valence-electron chi connectivity index (χ2n) is 9.96. The van der Waals surface area contributed by atoms with Crippen molar-refractivity contribution < 1.29 is 4.79 Å². The summed E-state index contributed by atoms with van der Waals surface area (Å²) in [4.78, 5) is 17.5. The fourth-order valence-electron chi connectivity index (χ4n) is 4.33. The maximum atomic E-state index is 12.6. The Hall–Kier alpha value is -3.14.